The van der Waals surface area contributed by atoms with Crippen LogP contribution in [0.5, 0.6) is 0 Å². The van der Waals surface area contributed by atoms with E-state index in [-0.39, 0.29) is 13.1 Å². The molecule has 0 bridgehead atoms. The number of carbonyl (C=O) groups excluding carboxylic acids is 1. The first kappa shape index (κ1) is 6.39. The predicted octanol–water partition coefficient (Wildman–Crippen LogP) is -1.21. The van der Waals surface area contributed by atoms with Crippen LogP contribution in [-0.2, 0) is 4.79 Å². The number of hydroxylamine groups is 2. The molecule has 4 nitrogen and oxygen atoms in total. The minimum atomic E-state index is 0.198. The lowest BCUT2D eigenvalue weighted by Crippen LogP contribution is -2.24. The topological polar surface area (TPSA) is 66.6 Å². The van der Waals surface area contributed by atoms with Gasteiger partial charge in [-0.25, -0.2) is 5.06 Å². The second-order valence-electron chi connectivity index (χ2n) is 1.06. The molecule has 3 N–H and O–H groups in total. The fourth-order valence-electron chi connectivity index (χ4n) is 0.185. The highest BCUT2D eigenvalue weighted by atomic mass is 16.5. The molecule has 0 spiro atoms. The van der Waals surface area contributed by atoms with Gasteiger partial charge in [-0.15, -0.1) is 0 Å². The van der Waals surface area contributed by atoms with Crippen LogP contribution in [0.3, 0.4) is 0 Å². The van der Waals surface area contributed by atoms with E-state index in [2.05, 4.69) is 0 Å². The van der Waals surface area contributed by atoms with Crippen molar-refractivity contribution in [2.45, 2.75) is 0 Å². The van der Waals surface area contributed by atoms with Crippen molar-refractivity contribution in [2.75, 3.05) is 13.1 Å². The van der Waals surface area contributed by atoms with E-state index in [1.54, 1.807) is 0 Å². The fraction of sp³-hybridized carbons (Fsp3) is 0.667. The van der Waals surface area contributed by atoms with Crippen LogP contribution in [0.25, 0.3) is 0 Å². The monoisotopic (exact) mass is 104 g/mol. The summed E-state index contributed by atoms with van der Waals surface area (Å²) >= 11 is 0. The Morgan fingerprint density at radius 2 is 2.43 bits per heavy atom. The molecule has 0 saturated carbocycles. The summed E-state index contributed by atoms with van der Waals surface area (Å²) in [6.45, 7) is 0.485. The summed E-state index contributed by atoms with van der Waals surface area (Å²) in [5.74, 6) is 0. The third-order valence-electron chi connectivity index (χ3n) is 0.480. The molecule has 0 aromatic rings. The SMILES string of the molecule is NCCN(O)C=O. The van der Waals surface area contributed by atoms with Crippen LogP contribution in [0.2, 0.25) is 0 Å². The molecule has 0 saturated heterocycles. The highest BCUT2D eigenvalue weighted by Gasteiger charge is 1.87. The zero-order valence-corrected chi connectivity index (χ0v) is 3.87. The molecular weight excluding hydrogens is 96.0 g/mol. The van der Waals surface area contributed by atoms with E-state index in [0.29, 0.717) is 11.5 Å². The molecule has 0 radical (unpaired) electrons. The first-order chi connectivity index (χ1) is 3.31. The number of hydrogen-bond acceptors (Lipinski definition) is 3. The van der Waals surface area contributed by atoms with Crippen molar-refractivity contribution in [2.24, 2.45) is 5.73 Å². The van der Waals surface area contributed by atoms with Crippen LogP contribution in [0.4, 0.5) is 0 Å². The molecule has 0 atom stereocenters. The number of rotatable bonds is 3. The minimum Gasteiger partial charge on any atom is -0.329 e. The quantitative estimate of drug-likeness (QED) is 0.268. The van der Waals surface area contributed by atoms with Crippen LogP contribution in [-0.4, -0.2) is 29.8 Å². The highest BCUT2D eigenvalue weighted by Crippen LogP contribution is 1.65. The molecule has 7 heavy (non-hydrogen) atoms. The fourth-order valence-corrected chi connectivity index (χ4v) is 0.185. The lowest BCUT2D eigenvalue weighted by molar-refractivity contribution is -0.148. The zero-order chi connectivity index (χ0) is 5.70. The number of nitrogens with zero attached hydrogens (tertiary/aromatic N) is 1. The van der Waals surface area contributed by atoms with Crippen LogP contribution < -0.4 is 5.73 Å². The van der Waals surface area contributed by atoms with Gasteiger partial charge in [0.05, 0.1) is 6.54 Å². The van der Waals surface area contributed by atoms with Gasteiger partial charge in [-0.3, -0.25) is 10.0 Å². The van der Waals surface area contributed by atoms with Gasteiger partial charge in [0, 0.05) is 6.54 Å². The van der Waals surface area contributed by atoms with E-state index in [9.17, 15) is 4.79 Å². The van der Waals surface area contributed by atoms with E-state index >= 15 is 0 Å². The van der Waals surface area contributed by atoms with Crippen molar-refractivity contribution in [3.8, 4) is 0 Å². The van der Waals surface area contributed by atoms with Crippen LogP contribution in [0.1, 0.15) is 0 Å². The Morgan fingerprint density at radius 3 is 2.57 bits per heavy atom. The summed E-state index contributed by atoms with van der Waals surface area (Å²) in [4.78, 5) is 9.52. The summed E-state index contributed by atoms with van der Waals surface area (Å²) in [5.41, 5.74) is 4.94. The maximum absolute atomic E-state index is 9.52. The van der Waals surface area contributed by atoms with Gasteiger partial charge in [0.1, 0.15) is 0 Å². The number of amides is 1. The molecule has 1 amide bonds. The second-order valence-corrected chi connectivity index (χ2v) is 1.06. The van der Waals surface area contributed by atoms with Gasteiger partial charge < -0.3 is 5.73 Å². The van der Waals surface area contributed by atoms with Crippen molar-refractivity contribution in [1.82, 2.24) is 5.06 Å². The minimum absolute atomic E-state index is 0.198. The maximum Gasteiger partial charge on any atom is 0.233 e. The average molecular weight is 104 g/mol. The van der Waals surface area contributed by atoms with Crippen molar-refractivity contribution in [3.63, 3.8) is 0 Å². The summed E-state index contributed by atoms with van der Waals surface area (Å²) in [7, 11) is 0. The largest absolute Gasteiger partial charge is 0.329 e. The van der Waals surface area contributed by atoms with Crippen molar-refractivity contribution in [1.29, 1.82) is 0 Å². The summed E-state index contributed by atoms with van der Waals surface area (Å²) in [6, 6.07) is 0. The van der Waals surface area contributed by atoms with Gasteiger partial charge in [0.25, 0.3) is 0 Å². The van der Waals surface area contributed by atoms with Gasteiger partial charge in [-0.05, 0) is 0 Å². The lowest BCUT2D eigenvalue weighted by Gasteiger charge is -2.02. The molecule has 0 aliphatic heterocycles. The van der Waals surface area contributed by atoms with E-state index in [1.807, 2.05) is 0 Å². The highest BCUT2D eigenvalue weighted by molar-refractivity contribution is 5.44. The maximum atomic E-state index is 9.52. The van der Waals surface area contributed by atoms with Gasteiger partial charge in [0.2, 0.25) is 6.41 Å². The van der Waals surface area contributed by atoms with Gasteiger partial charge in [-0.2, -0.15) is 0 Å². The Balaban J connectivity index is 2.98. The first-order valence-corrected chi connectivity index (χ1v) is 1.92. The Hall–Kier alpha value is -0.610. The number of nitrogens with two attached hydrogens (primary N) is 1. The molecule has 42 valence electrons. The van der Waals surface area contributed by atoms with Crippen molar-refractivity contribution in [3.05, 3.63) is 0 Å². The summed E-state index contributed by atoms with van der Waals surface area (Å²) < 4.78 is 0. The van der Waals surface area contributed by atoms with E-state index in [4.69, 9.17) is 10.9 Å². The molecule has 0 unspecified atom stereocenters. The summed E-state index contributed by atoms with van der Waals surface area (Å²) in [5, 5.41) is 8.74. The summed E-state index contributed by atoms with van der Waals surface area (Å²) in [6.07, 6.45) is 0.312. The molecule has 4 heteroatoms. The van der Waals surface area contributed by atoms with Gasteiger partial charge in [-0.1, -0.05) is 0 Å². The Kier molecular flexibility index (Phi) is 3.26. The second kappa shape index (κ2) is 3.58. The van der Waals surface area contributed by atoms with Gasteiger partial charge in [0.15, 0.2) is 0 Å². The molecule has 0 heterocycles. The zero-order valence-electron chi connectivity index (χ0n) is 3.87. The Bertz CT molecular complexity index is 56.9. The van der Waals surface area contributed by atoms with Gasteiger partial charge >= 0.3 is 0 Å². The Labute approximate surface area is 41.5 Å². The molecule has 0 aliphatic carbocycles. The van der Waals surface area contributed by atoms with Crippen LogP contribution in [0.15, 0.2) is 0 Å². The van der Waals surface area contributed by atoms with E-state index < -0.39 is 0 Å². The smallest absolute Gasteiger partial charge is 0.233 e. The van der Waals surface area contributed by atoms with E-state index in [0.717, 1.165) is 0 Å². The Morgan fingerprint density at radius 1 is 1.86 bits per heavy atom. The third kappa shape index (κ3) is 3.21. The third-order valence-corrected chi connectivity index (χ3v) is 0.480. The lowest BCUT2D eigenvalue weighted by atomic mass is 10.7. The number of hydrogen-bond donors (Lipinski definition) is 2. The molecular formula is C3H8N2O2. The molecule has 0 aromatic heterocycles. The standard InChI is InChI=1S/C3H8N2O2/c4-1-2-5(7)3-6/h3,7H,1-2,4H2. The molecule has 0 aliphatic rings. The van der Waals surface area contributed by atoms with Crippen molar-refractivity contribution < 1.29 is 10.0 Å². The van der Waals surface area contributed by atoms with Crippen molar-refractivity contribution >= 4 is 6.41 Å². The average Bonchev–Trinajstić information content (AvgIpc) is 1.68. The first-order valence-electron chi connectivity index (χ1n) is 1.92. The molecule has 0 aromatic carbocycles. The van der Waals surface area contributed by atoms with E-state index in [1.165, 1.54) is 0 Å². The normalized spacial score (nSPS) is 8.29. The van der Waals surface area contributed by atoms with Crippen LogP contribution in [0, 0.1) is 0 Å². The predicted molar refractivity (Wildman–Crippen MR) is 23.6 cm³/mol. The molecule has 0 rings (SSSR count). The van der Waals surface area contributed by atoms with Crippen LogP contribution >= 0.6 is 0 Å². The molecule has 0 fully saturated rings. The number of carbonyl (C=O) groups is 1.